The van der Waals surface area contributed by atoms with E-state index in [4.69, 9.17) is 14.5 Å². The van der Waals surface area contributed by atoms with Gasteiger partial charge in [-0.25, -0.2) is 4.99 Å². The lowest BCUT2D eigenvalue weighted by Crippen LogP contribution is -2.50. The highest BCUT2D eigenvalue weighted by Gasteiger charge is 2.20. The number of hydrogen-bond acceptors (Lipinski definition) is 4. The van der Waals surface area contributed by atoms with Crippen molar-refractivity contribution in [1.29, 1.82) is 0 Å². The lowest BCUT2D eigenvalue weighted by Gasteiger charge is -2.33. The Hall–Kier alpha value is -1.79. The Morgan fingerprint density at radius 3 is 2.56 bits per heavy atom. The average Bonchev–Trinajstić information content (AvgIpc) is 2.62. The Morgan fingerprint density at radius 2 is 1.93 bits per heavy atom. The third-order valence-electron chi connectivity index (χ3n) is 4.62. The van der Waals surface area contributed by atoms with Crippen LogP contribution in [0, 0.1) is 6.92 Å². The van der Waals surface area contributed by atoms with Crippen molar-refractivity contribution in [3.63, 3.8) is 0 Å². The maximum absolute atomic E-state index is 5.96. The first-order valence-electron chi connectivity index (χ1n) is 9.71. The molecule has 1 aromatic carbocycles. The molecule has 0 aliphatic rings. The van der Waals surface area contributed by atoms with E-state index in [0.717, 1.165) is 36.8 Å². The number of hydrogen-bond donors (Lipinski definition) is 2. The average molecular weight is 379 g/mol. The predicted molar refractivity (Wildman–Crippen MR) is 114 cm³/mol. The molecule has 0 radical (unpaired) electrons. The van der Waals surface area contributed by atoms with Gasteiger partial charge >= 0.3 is 0 Å². The minimum absolute atomic E-state index is 0.0374. The van der Waals surface area contributed by atoms with E-state index in [2.05, 4.69) is 75.5 Å². The summed E-state index contributed by atoms with van der Waals surface area (Å²) in [5.74, 6) is 1.72. The zero-order chi connectivity index (χ0) is 20.3. The Morgan fingerprint density at radius 1 is 1.19 bits per heavy atom. The highest BCUT2D eigenvalue weighted by atomic mass is 16.5. The number of aryl methyl sites for hydroxylation is 1. The monoisotopic (exact) mass is 378 g/mol. The molecular formula is C21H38N4O2. The summed E-state index contributed by atoms with van der Waals surface area (Å²) in [7, 11) is 5.89. The number of rotatable bonds is 11. The number of likely N-dealkylation sites (N-methyl/N-ethyl adjacent to an activating group) is 1. The molecule has 6 heteroatoms. The van der Waals surface area contributed by atoms with Crippen LogP contribution in [0.15, 0.2) is 23.2 Å². The molecule has 1 aromatic rings. The molecule has 0 atom stereocenters. The molecule has 0 aromatic heterocycles. The first kappa shape index (κ1) is 23.2. The van der Waals surface area contributed by atoms with Gasteiger partial charge in [0.25, 0.3) is 0 Å². The summed E-state index contributed by atoms with van der Waals surface area (Å²) in [6.45, 7) is 12.1. The van der Waals surface area contributed by atoms with Gasteiger partial charge in [-0.2, -0.15) is 0 Å². The van der Waals surface area contributed by atoms with E-state index in [1.165, 1.54) is 5.56 Å². The van der Waals surface area contributed by atoms with Gasteiger partial charge in [0.15, 0.2) is 5.96 Å². The van der Waals surface area contributed by atoms with Gasteiger partial charge in [-0.05, 0) is 53.4 Å². The molecule has 0 unspecified atom stereocenters. The van der Waals surface area contributed by atoms with Crippen molar-refractivity contribution in [1.82, 2.24) is 15.5 Å². The van der Waals surface area contributed by atoms with Gasteiger partial charge in [-0.15, -0.1) is 0 Å². The van der Waals surface area contributed by atoms with E-state index in [-0.39, 0.29) is 5.54 Å². The SMILES string of the molecule is CCNC(=NCc1ccc(C)cc1OCCCOC)NCC(C)(C)N(C)C. The van der Waals surface area contributed by atoms with E-state index < -0.39 is 0 Å². The number of guanidine groups is 1. The molecule has 154 valence electrons. The first-order chi connectivity index (χ1) is 12.8. The molecule has 0 amide bonds. The number of benzene rings is 1. The predicted octanol–water partition coefficient (Wildman–Crippen LogP) is 2.81. The van der Waals surface area contributed by atoms with Gasteiger partial charge in [-0.3, -0.25) is 0 Å². The quantitative estimate of drug-likeness (QED) is 0.352. The zero-order valence-electron chi connectivity index (χ0n) is 18.2. The Kier molecular flexibility index (Phi) is 10.2. The Labute approximate surface area is 165 Å². The summed E-state index contributed by atoms with van der Waals surface area (Å²) in [4.78, 5) is 6.96. The van der Waals surface area contributed by atoms with Gasteiger partial charge in [-0.1, -0.05) is 12.1 Å². The number of aliphatic imine (C=N–C) groups is 1. The first-order valence-corrected chi connectivity index (χ1v) is 9.71. The smallest absolute Gasteiger partial charge is 0.191 e. The normalized spacial score (nSPS) is 12.4. The third-order valence-corrected chi connectivity index (χ3v) is 4.62. The van der Waals surface area contributed by atoms with E-state index in [1.54, 1.807) is 7.11 Å². The van der Waals surface area contributed by atoms with Crippen LogP contribution in [0.25, 0.3) is 0 Å². The van der Waals surface area contributed by atoms with Crippen LogP contribution in [0.3, 0.4) is 0 Å². The molecule has 0 bridgehead atoms. The second-order valence-corrected chi connectivity index (χ2v) is 7.56. The van der Waals surface area contributed by atoms with Crippen molar-refractivity contribution < 1.29 is 9.47 Å². The van der Waals surface area contributed by atoms with E-state index in [0.29, 0.717) is 19.8 Å². The zero-order valence-corrected chi connectivity index (χ0v) is 18.2. The fraction of sp³-hybridized carbons (Fsp3) is 0.667. The van der Waals surface area contributed by atoms with Crippen LogP contribution < -0.4 is 15.4 Å². The molecule has 1 rings (SSSR count). The van der Waals surface area contributed by atoms with Crippen LogP contribution in [-0.4, -0.2) is 63.9 Å². The minimum atomic E-state index is 0.0374. The molecular weight excluding hydrogens is 340 g/mol. The summed E-state index contributed by atoms with van der Waals surface area (Å²) in [5.41, 5.74) is 2.31. The van der Waals surface area contributed by atoms with E-state index in [1.807, 2.05) is 0 Å². The maximum Gasteiger partial charge on any atom is 0.191 e. The fourth-order valence-electron chi connectivity index (χ4n) is 2.28. The molecule has 0 saturated carbocycles. The van der Waals surface area contributed by atoms with Gasteiger partial charge in [0.1, 0.15) is 5.75 Å². The van der Waals surface area contributed by atoms with Gasteiger partial charge in [0.05, 0.1) is 13.2 Å². The van der Waals surface area contributed by atoms with E-state index >= 15 is 0 Å². The van der Waals surface area contributed by atoms with Crippen LogP contribution in [0.4, 0.5) is 0 Å². The molecule has 6 nitrogen and oxygen atoms in total. The number of ether oxygens (including phenoxy) is 2. The maximum atomic E-state index is 5.96. The van der Waals surface area contributed by atoms with Crippen molar-refractivity contribution in [3.8, 4) is 5.75 Å². The summed E-state index contributed by atoms with van der Waals surface area (Å²) in [5, 5.41) is 6.76. The summed E-state index contributed by atoms with van der Waals surface area (Å²) < 4.78 is 11.1. The van der Waals surface area contributed by atoms with Gasteiger partial charge in [0, 0.05) is 44.3 Å². The molecule has 0 heterocycles. The highest BCUT2D eigenvalue weighted by Crippen LogP contribution is 2.21. The van der Waals surface area contributed by atoms with Gasteiger partial charge in [0.2, 0.25) is 0 Å². The van der Waals surface area contributed by atoms with E-state index in [9.17, 15) is 0 Å². The number of nitrogens with one attached hydrogen (secondary N) is 2. The van der Waals surface area contributed by atoms with Crippen molar-refractivity contribution in [2.24, 2.45) is 4.99 Å². The standard InChI is InChI=1S/C21H38N4O2/c1-8-22-20(24-16-21(3,4)25(5)6)23-15-18-11-10-17(2)14-19(18)27-13-9-12-26-7/h10-11,14H,8-9,12-13,15-16H2,1-7H3,(H2,22,23,24). The fourth-order valence-corrected chi connectivity index (χ4v) is 2.28. The van der Waals surface area contributed by atoms with Crippen LogP contribution in [0.2, 0.25) is 0 Å². The lowest BCUT2D eigenvalue weighted by molar-refractivity contribution is 0.172. The van der Waals surface area contributed by atoms with Crippen LogP contribution in [-0.2, 0) is 11.3 Å². The molecule has 0 saturated heterocycles. The highest BCUT2D eigenvalue weighted by molar-refractivity contribution is 5.79. The third kappa shape index (κ3) is 8.63. The molecule has 0 fully saturated rings. The topological polar surface area (TPSA) is 58.1 Å². The largest absolute Gasteiger partial charge is 0.493 e. The van der Waals surface area contributed by atoms with Crippen molar-refractivity contribution in [2.75, 3.05) is 47.5 Å². The van der Waals surface area contributed by atoms with Crippen LogP contribution in [0.1, 0.15) is 38.3 Å². The van der Waals surface area contributed by atoms with Crippen molar-refractivity contribution in [3.05, 3.63) is 29.3 Å². The Bertz CT molecular complexity index is 586. The molecule has 2 N–H and O–H groups in total. The molecule has 0 spiro atoms. The molecule has 0 aliphatic carbocycles. The minimum Gasteiger partial charge on any atom is -0.493 e. The summed E-state index contributed by atoms with van der Waals surface area (Å²) >= 11 is 0. The van der Waals surface area contributed by atoms with Crippen molar-refractivity contribution >= 4 is 5.96 Å². The van der Waals surface area contributed by atoms with Crippen molar-refractivity contribution in [2.45, 2.75) is 46.2 Å². The Balaban J connectivity index is 2.80. The molecule has 27 heavy (non-hydrogen) atoms. The number of nitrogens with zero attached hydrogens (tertiary/aromatic N) is 2. The second-order valence-electron chi connectivity index (χ2n) is 7.56. The second kappa shape index (κ2) is 11.8. The van der Waals surface area contributed by atoms with Gasteiger partial charge < -0.3 is 25.0 Å². The molecule has 0 aliphatic heterocycles. The summed E-state index contributed by atoms with van der Waals surface area (Å²) in [6.07, 6.45) is 0.872. The van der Waals surface area contributed by atoms with Crippen LogP contribution >= 0.6 is 0 Å². The summed E-state index contributed by atoms with van der Waals surface area (Å²) in [6, 6.07) is 6.27. The van der Waals surface area contributed by atoms with Crippen LogP contribution in [0.5, 0.6) is 5.75 Å². The number of methoxy groups -OCH3 is 1. The lowest BCUT2D eigenvalue weighted by atomic mass is 10.0.